The highest BCUT2D eigenvalue weighted by molar-refractivity contribution is 5.89. The molecule has 0 heterocycles. The van der Waals surface area contributed by atoms with Crippen LogP contribution in [0.1, 0.15) is 24.1 Å². The van der Waals surface area contributed by atoms with Crippen molar-refractivity contribution in [3.05, 3.63) is 59.7 Å². The van der Waals surface area contributed by atoms with Crippen LogP contribution in [0.2, 0.25) is 0 Å². The molecule has 0 radical (unpaired) electrons. The van der Waals surface area contributed by atoms with Gasteiger partial charge in [-0.1, -0.05) is 35.9 Å². The zero-order chi connectivity index (χ0) is 15.2. The van der Waals surface area contributed by atoms with Gasteiger partial charge in [0.2, 0.25) is 0 Å². The van der Waals surface area contributed by atoms with Crippen LogP contribution in [-0.2, 0) is 0 Å². The molecule has 0 fully saturated rings. The van der Waals surface area contributed by atoms with Crippen molar-refractivity contribution in [2.45, 2.75) is 19.9 Å². The minimum Gasteiger partial charge on any atom is -0.497 e. The Morgan fingerprint density at radius 2 is 1.86 bits per heavy atom. The lowest BCUT2D eigenvalue weighted by Gasteiger charge is -2.15. The molecule has 0 saturated carbocycles. The second kappa shape index (κ2) is 6.79. The molecule has 4 heteroatoms. The molecule has 4 nitrogen and oxygen atoms in total. The molecule has 0 aliphatic rings. The molecule has 110 valence electrons. The second-order valence-corrected chi connectivity index (χ2v) is 4.96. The van der Waals surface area contributed by atoms with E-state index in [0.29, 0.717) is 11.4 Å². The van der Waals surface area contributed by atoms with Gasteiger partial charge in [0.15, 0.2) is 0 Å². The van der Waals surface area contributed by atoms with Crippen molar-refractivity contribution < 1.29 is 9.53 Å². The molecule has 0 bridgehead atoms. The van der Waals surface area contributed by atoms with Gasteiger partial charge in [-0.05, 0) is 31.5 Å². The first-order valence-corrected chi connectivity index (χ1v) is 6.86. The number of ether oxygens (including phenoxy) is 1. The summed E-state index contributed by atoms with van der Waals surface area (Å²) in [6.45, 7) is 3.99. The number of hydrogen-bond donors (Lipinski definition) is 2. The number of amides is 2. The molecule has 1 atom stereocenters. The van der Waals surface area contributed by atoms with Crippen LogP contribution in [0.3, 0.4) is 0 Å². The fraction of sp³-hybridized carbons (Fsp3) is 0.235. The summed E-state index contributed by atoms with van der Waals surface area (Å²) in [6, 6.07) is 15.1. The Morgan fingerprint density at radius 3 is 2.52 bits per heavy atom. The lowest BCUT2D eigenvalue weighted by Crippen LogP contribution is -2.31. The molecule has 2 amide bonds. The largest absolute Gasteiger partial charge is 0.497 e. The lowest BCUT2D eigenvalue weighted by molar-refractivity contribution is 0.249. The summed E-state index contributed by atoms with van der Waals surface area (Å²) in [5.41, 5.74) is 2.97. The molecule has 2 aromatic carbocycles. The van der Waals surface area contributed by atoms with Gasteiger partial charge in [-0.25, -0.2) is 4.79 Å². The molecule has 2 N–H and O–H groups in total. The van der Waals surface area contributed by atoms with Crippen LogP contribution < -0.4 is 15.4 Å². The summed E-state index contributed by atoms with van der Waals surface area (Å²) in [6.07, 6.45) is 0. The fourth-order valence-electron chi connectivity index (χ4n) is 2.00. The molecule has 0 spiro atoms. The first-order chi connectivity index (χ1) is 10.1. The maximum absolute atomic E-state index is 12.0. The smallest absolute Gasteiger partial charge is 0.319 e. The van der Waals surface area contributed by atoms with Crippen LogP contribution in [0.25, 0.3) is 0 Å². The average Bonchev–Trinajstić information content (AvgIpc) is 2.47. The van der Waals surface area contributed by atoms with Crippen molar-refractivity contribution >= 4 is 11.7 Å². The molecular formula is C17H20N2O2. The summed E-state index contributed by atoms with van der Waals surface area (Å²) < 4.78 is 5.13. The number of carbonyl (C=O) groups is 1. The number of anilines is 1. The standard InChI is InChI=1S/C17H20N2O2/c1-12-7-9-14(10-8-12)13(2)18-17(20)19-15-5-4-6-16(11-15)21-3/h4-11,13H,1-3H3,(H2,18,19,20)/t13-/m1/s1. The van der Waals surface area contributed by atoms with Gasteiger partial charge in [-0.3, -0.25) is 0 Å². The van der Waals surface area contributed by atoms with Crippen molar-refractivity contribution in [2.75, 3.05) is 12.4 Å². The second-order valence-electron chi connectivity index (χ2n) is 4.96. The number of benzene rings is 2. The number of nitrogens with one attached hydrogen (secondary N) is 2. The van der Waals surface area contributed by atoms with E-state index in [9.17, 15) is 4.79 Å². The van der Waals surface area contributed by atoms with Crippen molar-refractivity contribution in [2.24, 2.45) is 0 Å². The Kier molecular flexibility index (Phi) is 4.82. The molecule has 2 rings (SSSR count). The number of urea groups is 1. The predicted molar refractivity (Wildman–Crippen MR) is 84.7 cm³/mol. The zero-order valence-corrected chi connectivity index (χ0v) is 12.5. The van der Waals surface area contributed by atoms with E-state index in [-0.39, 0.29) is 12.1 Å². The molecule has 21 heavy (non-hydrogen) atoms. The fourth-order valence-corrected chi connectivity index (χ4v) is 2.00. The van der Waals surface area contributed by atoms with E-state index in [0.717, 1.165) is 5.56 Å². The van der Waals surface area contributed by atoms with Crippen LogP contribution in [0, 0.1) is 6.92 Å². The van der Waals surface area contributed by atoms with E-state index in [2.05, 4.69) is 10.6 Å². The predicted octanol–water partition coefficient (Wildman–Crippen LogP) is 3.89. The van der Waals surface area contributed by atoms with E-state index in [4.69, 9.17) is 4.74 Å². The maximum Gasteiger partial charge on any atom is 0.319 e. The SMILES string of the molecule is COc1cccc(NC(=O)N[C@H](C)c2ccc(C)cc2)c1. The minimum absolute atomic E-state index is 0.0591. The van der Waals surface area contributed by atoms with Crippen molar-refractivity contribution in [3.63, 3.8) is 0 Å². The number of hydrogen-bond acceptors (Lipinski definition) is 2. The first-order valence-electron chi connectivity index (χ1n) is 6.86. The van der Waals surface area contributed by atoms with E-state index in [1.54, 1.807) is 13.2 Å². The lowest BCUT2D eigenvalue weighted by atomic mass is 10.1. The quantitative estimate of drug-likeness (QED) is 0.895. The first kappa shape index (κ1) is 14.9. The monoisotopic (exact) mass is 284 g/mol. The number of aryl methyl sites for hydroxylation is 1. The number of rotatable bonds is 4. The highest BCUT2D eigenvalue weighted by atomic mass is 16.5. The van der Waals surface area contributed by atoms with E-state index in [1.807, 2.05) is 56.3 Å². The van der Waals surface area contributed by atoms with Crippen LogP contribution >= 0.6 is 0 Å². The van der Waals surface area contributed by atoms with Gasteiger partial charge in [-0.15, -0.1) is 0 Å². The van der Waals surface area contributed by atoms with E-state index < -0.39 is 0 Å². The van der Waals surface area contributed by atoms with Gasteiger partial charge >= 0.3 is 6.03 Å². The number of carbonyl (C=O) groups excluding carboxylic acids is 1. The third kappa shape index (κ3) is 4.24. The third-order valence-electron chi connectivity index (χ3n) is 3.25. The molecule has 0 aromatic heterocycles. The van der Waals surface area contributed by atoms with Gasteiger partial charge in [0, 0.05) is 11.8 Å². The Labute approximate surface area is 125 Å². The molecule has 0 unspecified atom stereocenters. The summed E-state index contributed by atoms with van der Waals surface area (Å²) in [4.78, 5) is 12.0. The third-order valence-corrected chi connectivity index (χ3v) is 3.25. The summed E-state index contributed by atoms with van der Waals surface area (Å²) in [5.74, 6) is 0.708. The molecule has 0 saturated heterocycles. The van der Waals surface area contributed by atoms with E-state index in [1.165, 1.54) is 5.56 Å². The van der Waals surface area contributed by atoms with Gasteiger partial charge in [-0.2, -0.15) is 0 Å². The van der Waals surface area contributed by atoms with Crippen LogP contribution in [-0.4, -0.2) is 13.1 Å². The van der Waals surface area contributed by atoms with E-state index >= 15 is 0 Å². The van der Waals surface area contributed by atoms with Crippen molar-refractivity contribution in [1.82, 2.24) is 5.32 Å². The minimum atomic E-state index is -0.240. The highest BCUT2D eigenvalue weighted by Gasteiger charge is 2.09. The zero-order valence-electron chi connectivity index (χ0n) is 12.5. The van der Waals surface area contributed by atoms with Crippen LogP contribution in [0.4, 0.5) is 10.5 Å². The average molecular weight is 284 g/mol. The number of methoxy groups -OCH3 is 1. The summed E-state index contributed by atoms with van der Waals surface area (Å²) in [5, 5.41) is 5.71. The highest BCUT2D eigenvalue weighted by Crippen LogP contribution is 2.17. The molecule has 2 aromatic rings. The van der Waals surface area contributed by atoms with Gasteiger partial charge < -0.3 is 15.4 Å². The molecule has 0 aliphatic heterocycles. The molecule has 0 aliphatic carbocycles. The van der Waals surface area contributed by atoms with Crippen LogP contribution in [0.15, 0.2) is 48.5 Å². The topological polar surface area (TPSA) is 50.4 Å². The van der Waals surface area contributed by atoms with Crippen molar-refractivity contribution in [1.29, 1.82) is 0 Å². The van der Waals surface area contributed by atoms with Gasteiger partial charge in [0.1, 0.15) is 5.75 Å². The molecular weight excluding hydrogens is 264 g/mol. The Morgan fingerprint density at radius 1 is 1.14 bits per heavy atom. The van der Waals surface area contributed by atoms with Crippen molar-refractivity contribution in [3.8, 4) is 5.75 Å². The Bertz CT molecular complexity index is 608. The normalized spacial score (nSPS) is 11.6. The summed E-state index contributed by atoms with van der Waals surface area (Å²) >= 11 is 0. The van der Waals surface area contributed by atoms with Gasteiger partial charge in [0.25, 0.3) is 0 Å². The Hall–Kier alpha value is -2.49. The Balaban J connectivity index is 1.96. The summed E-state index contributed by atoms with van der Waals surface area (Å²) in [7, 11) is 1.60. The van der Waals surface area contributed by atoms with Crippen LogP contribution in [0.5, 0.6) is 5.75 Å². The van der Waals surface area contributed by atoms with Gasteiger partial charge in [0.05, 0.1) is 13.2 Å². The maximum atomic E-state index is 12.0.